The van der Waals surface area contributed by atoms with Gasteiger partial charge in [-0.2, -0.15) is 0 Å². The lowest BCUT2D eigenvalue weighted by molar-refractivity contribution is -0.135. The van der Waals surface area contributed by atoms with Gasteiger partial charge in [0.05, 0.1) is 13.2 Å². The van der Waals surface area contributed by atoms with E-state index in [2.05, 4.69) is 5.32 Å². The van der Waals surface area contributed by atoms with Crippen molar-refractivity contribution in [2.75, 3.05) is 19.8 Å². The second-order valence-electron chi connectivity index (χ2n) is 4.86. The maximum absolute atomic E-state index is 12.0. The van der Waals surface area contributed by atoms with Gasteiger partial charge in [-0.25, -0.2) is 0 Å². The molecule has 0 heterocycles. The van der Waals surface area contributed by atoms with Crippen LogP contribution >= 0.6 is 0 Å². The molecule has 0 unspecified atom stereocenters. The molecule has 22 heavy (non-hydrogen) atoms. The van der Waals surface area contributed by atoms with E-state index in [-0.39, 0.29) is 5.91 Å². The van der Waals surface area contributed by atoms with Crippen molar-refractivity contribution in [2.24, 2.45) is 5.73 Å². The molecule has 6 nitrogen and oxygen atoms in total. The van der Waals surface area contributed by atoms with Gasteiger partial charge in [0, 0.05) is 13.0 Å². The van der Waals surface area contributed by atoms with E-state index in [9.17, 15) is 9.59 Å². The van der Waals surface area contributed by atoms with Gasteiger partial charge in [-0.3, -0.25) is 9.59 Å². The van der Waals surface area contributed by atoms with Gasteiger partial charge in [0.1, 0.15) is 12.1 Å². The lowest BCUT2D eigenvalue weighted by Gasteiger charge is -2.19. The van der Waals surface area contributed by atoms with E-state index in [0.29, 0.717) is 26.2 Å². The Morgan fingerprint density at radius 1 is 1.23 bits per heavy atom. The van der Waals surface area contributed by atoms with E-state index in [1.54, 1.807) is 6.92 Å². The highest BCUT2D eigenvalue weighted by Crippen LogP contribution is 2.04. The van der Waals surface area contributed by atoms with Crippen LogP contribution in [0.1, 0.15) is 19.4 Å². The van der Waals surface area contributed by atoms with E-state index in [1.807, 2.05) is 37.3 Å². The van der Waals surface area contributed by atoms with Gasteiger partial charge in [0.15, 0.2) is 0 Å². The van der Waals surface area contributed by atoms with Gasteiger partial charge in [-0.05, 0) is 19.4 Å². The summed E-state index contributed by atoms with van der Waals surface area (Å²) in [6.07, 6.45) is -0.314. The summed E-state index contributed by atoms with van der Waals surface area (Å²) in [4.78, 5) is 23.5. The number of amides is 2. The molecule has 1 aromatic rings. The predicted octanol–water partition coefficient (Wildman–Crippen LogP) is 0.641. The number of rotatable bonds is 10. The predicted molar refractivity (Wildman–Crippen MR) is 83.2 cm³/mol. The Morgan fingerprint density at radius 2 is 1.91 bits per heavy atom. The number of nitrogens with one attached hydrogen (secondary N) is 1. The Kier molecular flexibility index (Phi) is 8.17. The van der Waals surface area contributed by atoms with Gasteiger partial charge >= 0.3 is 0 Å². The molecule has 0 saturated heterocycles. The van der Waals surface area contributed by atoms with Crippen LogP contribution in [0.5, 0.6) is 0 Å². The molecule has 0 spiro atoms. The largest absolute Gasteiger partial charge is 0.379 e. The summed E-state index contributed by atoms with van der Waals surface area (Å²) in [5.74, 6) is -0.935. The van der Waals surface area contributed by atoms with Gasteiger partial charge in [-0.15, -0.1) is 0 Å². The first-order valence-electron chi connectivity index (χ1n) is 7.37. The van der Waals surface area contributed by atoms with Crippen molar-refractivity contribution in [2.45, 2.75) is 32.4 Å². The molecule has 0 aliphatic rings. The Labute approximate surface area is 131 Å². The highest BCUT2D eigenvalue weighted by atomic mass is 16.5. The summed E-state index contributed by atoms with van der Waals surface area (Å²) in [5, 5.41) is 2.63. The van der Waals surface area contributed by atoms with Crippen LogP contribution in [0.4, 0.5) is 0 Å². The van der Waals surface area contributed by atoms with E-state index >= 15 is 0 Å². The van der Waals surface area contributed by atoms with Crippen LogP contribution in [-0.4, -0.2) is 43.8 Å². The fourth-order valence-corrected chi connectivity index (χ4v) is 1.87. The molecule has 0 saturated carbocycles. The molecule has 0 radical (unpaired) electrons. The number of nitrogens with two attached hydrogens (primary N) is 1. The van der Waals surface area contributed by atoms with E-state index in [0.717, 1.165) is 5.56 Å². The molecule has 122 valence electrons. The highest BCUT2D eigenvalue weighted by molar-refractivity contribution is 5.88. The zero-order valence-electron chi connectivity index (χ0n) is 13.1. The molecule has 0 aliphatic heterocycles. The fourth-order valence-electron chi connectivity index (χ4n) is 1.87. The Bertz CT molecular complexity index is 464. The third kappa shape index (κ3) is 6.69. The minimum Gasteiger partial charge on any atom is -0.379 e. The SMILES string of the molecule is CCOCCO[C@@H](C)C(=O)N[C@H](Cc1ccccc1)C(N)=O. The van der Waals surface area contributed by atoms with Crippen LogP contribution in [0.3, 0.4) is 0 Å². The number of carbonyl (C=O) groups excluding carboxylic acids is 2. The number of hydrogen-bond acceptors (Lipinski definition) is 4. The smallest absolute Gasteiger partial charge is 0.249 e. The van der Waals surface area contributed by atoms with Crippen molar-refractivity contribution >= 4 is 11.8 Å². The summed E-state index contributed by atoms with van der Waals surface area (Å²) in [6.45, 7) is 4.86. The second kappa shape index (κ2) is 9.92. The molecule has 3 N–H and O–H groups in total. The minimum atomic E-state index is -0.757. The van der Waals surface area contributed by atoms with Crippen LogP contribution in [0.25, 0.3) is 0 Å². The maximum Gasteiger partial charge on any atom is 0.249 e. The number of ether oxygens (including phenoxy) is 2. The maximum atomic E-state index is 12.0. The molecule has 0 aliphatic carbocycles. The van der Waals surface area contributed by atoms with Crippen LogP contribution in [0, 0.1) is 0 Å². The Balaban J connectivity index is 2.48. The molecule has 2 amide bonds. The average molecular weight is 308 g/mol. The van der Waals surface area contributed by atoms with Crippen molar-refractivity contribution in [3.8, 4) is 0 Å². The molecule has 0 fully saturated rings. The standard InChI is InChI=1S/C16H24N2O4/c1-3-21-9-10-22-12(2)16(20)18-14(15(17)19)11-13-7-5-4-6-8-13/h4-8,12,14H,3,9-11H2,1-2H3,(H2,17,19)(H,18,20)/t12-,14+/m0/s1. The summed E-state index contributed by atoms with van der Waals surface area (Å²) in [6, 6.07) is 8.63. The normalized spacial score (nSPS) is 13.4. The molecular weight excluding hydrogens is 284 g/mol. The van der Waals surface area contributed by atoms with Crippen molar-refractivity contribution in [3.63, 3.8) is 0 Å². The third-order valence-electron chi connectivity index (χ3n) is 3.11. The average Bonchev–Trinajstić information content (AvgIpc) is 2.51. The van der Waals surface area contributed by atoms with Crippen molar-refractivity contribution in [1.82, 2.24) is 5.32 Å². The molecular formula is C16H24N2O4. The van der Waals surface area contributed by atoms with Gasteiger partial charge in [0.25, 0.3) is 0 Å². The van der Waals surface area contributed by atoms with Gasteiger partial charge in [0.2, 0.25) is 11.8 Å². The number of carbonyl (C=O) groups is 2. The number of hydrogen-bond donors (Lipinski definition) is 2. The van der Waals surface area contributed by atoms with Gasteiger partial charge < -0.3 is 20.5 Å². The van der Waals surface area contributed by atoms with E-state index < -0.39 is 18.1 Å². The minimum absolute atomic E-state index is 0.322. The third-order valence-corrected chi connectivity index (χ3v) is 3.11. The fraction of sp³-hybridized carbons (Fsp3) is 0.500. The quantitative estimate of drug-likeness (QED) is 0.621. The van der Waals surface area contributed by atoms with Crippen molar-refractivity contribution in [3.05, 3.63) is 35.9 Å². The van der Waals surface area contributed by atoms with Gasteiger partial charge in [-0.1, -0.05) is 30.3 Å². The monoisotopic (exact) mass is 308 g/mol. The van der Waals surface area contributed by atoms with Crippen LogP contribution in [0.15, 0.2) is 30.3 Å². The molecule has 6 heteroatoms. The van der Waals surface area contributed by atoms with Crippen LogP contribution in [0.2, 0.25) is 0 Å². The summed E-state index contributed by atoms with van der Waals surface area (Å²) in [5.41, 5.74) is 6.29. The second-order valence-corrected chi connectivity index (χ2v) is 4.86. The summed E-state index contributed by atoms with van der Waals surface area (Å²) in [7, 11) is 0. The zero-order chi connectivity index (χ0) is 16.4. The first-order valence-corrected chi connectivity index (χ1v) is 7.37. The summed E-state index contributed by atoms with van der Waals surface area (Å²) < 4.78 is 10.5. The molecule has 0 aromatic heterocycles. The molecule has 1 rings (SSSR count). The Hall–Kier alpha value is -1.92. The first-order chi connectivity index (χ1) is 10.5. The van der Waals surface area contributed by atoms with Crippen LogP contribution in [-0.2, 0) is 25.5 Å². The molecule has 0 bridgehead atoms. The van der Waals surface area contributed by atoms with Crippen molar-refractivity contribution < 1.29 is 19.1 Å². The number of benzene rings is 1. The van der Waals surface area contributed by atoms with E-state index in [1.165, 1.54) is 0 Å². The topological polar surface area (TPSA) is 90.7 Å². The summed E-state index contributed by atoms with van der Waals surface area (Å²) >= 11 is 0. The molecule has 1 aromatic carbocycles. The number of primary amides is 1. The van der Waals surface area contributed by atoms with Crippen molar-refractivity contribution in [1.29, 1.82) is 0 Å². The Morgan fingerprint density at radius 3 is 2.50 bits per heavy atom. The molecule has 2 atom stereocenters. The first kappa shape index (κ1) is 18.1. The lowest BCUT2D eigenvalue weighted by Crippen LogP contribution is -2.49. The highest BCUT2D eigenvalue weighted by Gasteiger charge is 2.22. The van der Waals surface area contributed by atoms with Crippen LogP contribution < -0.4 is 11.1 Å². The zero-order valence-corrected chi connectivity index (χ0v) is 13.1. The van der Waals surface area contributed by atoms with E-state index in [4.69, 9.17) is 15.2 Å². The lowest BCUT2D eigenvalue weighted by atomic mass is 10.1.